The zero-order chi connectivity index (χ0) is 15.0. The molecule has 0 aromatic heterocycles. The summed E-state index contributed by atoms with van der Waals surface area (Å²) < 4.78 is 32.5. The maximum atomic E-state index is 14.0. The van der Waals surface area contributed by atoms with Crippen LogP contribution < -0.4 is 0 Å². The van der Waals surface area contributed by atoms with Crippen LogP contribution in [0.5, 0.6) is 0 Å². The fourth-order valence-corrected chi connectivity index (χ4v) is 2.49. The van der Waals surface area contributed by atoms with E-state index in [9.17, 15) is 13.8 Å². The molecule has 0 saturated heterocycles. The molecule has 1 aliphatic rings. The summed E-state index contributed by atoms with van der Waals surface area (Å²) in [5.41, 5.74) is 1.61. The van der Waals surface area contributed by atoms with Gasteiger partial charge in [0.15, 0.2) is 0 Å². The van der Waals surface area contributed by atoms with Crippen molar-refractivity contribution >= 4 is 29.8 Å². The van der Waals surface area contributed by atoms with Gasteiger partial charge in [-0.1, -0.05) is 23.7 Å². The molecule has 0 spiro atoms. The predicted molar refractivity (Wildman–Crippen MR) is 78.5 cm³/mol. The molecule has 0 amide bonds. The Balaban J connectivity index is 2.17. The third-order valence-corrected chi connectivity index (χ3v) is 3.62. The Hall–Kier alpha value is -1.69. The van der Waals surface area contributed by atoms with Gasteiger partial charge in [-0.05, 0) is 46.9 Å². The van der Waals surface area contributed by atoms with Crippen molar-refractivity contribution in [3.8, 4) is 0 Å². The van der Waals surface area contributed by atoms with Crippen LogP contribution in [0.4, 0.5) is 8.78 Å². The highest BCUT2D eigenvalue weighted by Crippen LogP contribution is 2.35. The van der Waals surface area contributed by atoms with Crippen molar-refractivity contribution in [3.63, 3.8) is 0 Å². The van der Waals surface area contributed by atoms with Gasteiger partial charge in [-0.25, -0.2) is 8.78 Å². The van der Waals surface area contributed by atoms with E-state index in [2.05, 4.69) is 0 Å². The van der Waals surface area contributed by atoms with Gasteiger partial charge in [0.25, 0.3) is 0 Å². The molecule has 3 rings (SSSR count). The molecule has 1 N–H and O–H groups in total. The van der Waals surface area contributed by atoms with Crippen molar-refractivity contribution in [2.24, 2.45) is 0 Å². The number of benzene rings is 2. The summed E-state index contributed by atoms with van der Waals surface area (Å²) in [4.78, 5) is 0. The Kier molecular flexibility index (Phi) is 3.80. The van der Waals surface area contributed by atoms with Crippen LogP contribution in [0.2, 0.25) is 5.02 Å². The molecule has 0 atom stereocenters. The van der Waals surface area contributed by atoms with E-state index in [4.69, 9.17) is 16.3 Å². The lowest BCUT2D eigenvalue weighted by molar-refractivity contribution is 0.320. The summed E-state index contributed by atoms with van der Waals surface area (Å²) in [5.74, 6) is -1.18. The summed E-state index contributed by atoms with van der Waals surface area (Å²) in [6.45, 7) is 0.119. The first-order chi connectivity index (χ1) is 10.1. The van der Waals surface area contributed by atoms with Crippen LogP contribution in [0.15, 0.2) is 42.5 Å². The van der Waals surface area contributed by atoms with Crippen LogP contribution in [-0.4, -0.2) is 18.7 Å². The molecule has 21 heavy (non-hydrogen) atoms. The Morgan fingerprint density at radius 1 is 1.10 bits per heavy atom. The fraction of sp³-hybridized carbons (Fsp3) is 0.0667. The summed E-state index contributed by atoms with van der Waals surface area (Å²) in [5, 5.41) is 10.5. The largest absolute Gasteiger partial charge is 0.492 e. The molecule has 0 radical (unpaired) electrons. The first-order valence-electron chi connectivity index (χ1n) is 6.30. The highest BCUT2D eigenvalue weighted by atomic mass is 35.5. The zero-order valence-electron chi connectivity index (χ0n) is 10.8. The van der Waals surface area contributed by atoms with Crippen molar-refractivity contribution in [1.29, 1.82) is 0 Å². The van der Waals surface area contributed by atoms with E-state index in [1.165, 1.54) is 0 Å². The minimum Gasteiger partial charge on any atom is -0.423 e. The fourth-order valence-electron chi connectivity index (χ4n) is 2.36. The smallest absolute Gasteiger partial charge is 0.423 e. The summed E-state index contributed by atoms with van der Waals surface area (Å²) >= 11 is 5.84. The Morgan fingerprint density at radius 3 is 2.52 bits per heavy atom. The summed E-state index contributed by atoms with van der Waals surface area (Å²) in [6.07, 6.45) is 0. The normalized spacial score (nSPS) is 15.0. The minimum atomic E-state index is -1.29. The van der Waals surface area contributed by atoms with Crippen LogP contribution in [0.1, 0.15) is 11.1 Å². The lowest BCUT2D eigenvalue weighted by atomic mass is 9.73. The van der Waals surface area contributed by atoms with Crippen LogP contribution in [-0.2, 0) is 4.65 Å². The van der Waals surface area contributed by atoms with E-state index in [1.807, 2.05) is 0 Å². The molecule has 2 aromatic carbocycles. The average molecular weight is 307 g/mol. The summed E-state index contributed by atoms with van der Waals surface area (Å²) in [7, 11) is -1.29. The van der Waals surface area contributed by atoms with E-state index in [-0.39, 0.29) is 17.6 Å². The molecule has 0 unspecified atom stereocenters. The van der Waals surface area contributed by atoms with Gasteiger partial charge in [0.05, 0.1) is 6.61 Å². The third kappa shape index (κ3) is 2.72. The topological polar surface area (TPSA) is 29.5 Å². The van der Waals surface area contributed by atoms with E-state index < -0.39 is 18.8 Å². The SMILES string of the molecule is OB1OCC(c2ccc(Cl)cc2)=C1c1cc(F)ccc1F. The molecule has 0 saturated carbocycles. The quantitative estimate of drug-likeness (QED) is 0.859. The lowest BCUT2D eigenvalue weighted by Crippen LogP contribution is -2.15. The van der Waals surface area contributed by atoms with Gasteiger partial charge in [0.1, 0.15) is 11.6 Å². The van der Waals surface area contributed by atoms with Gasteiger partial charge in [-0.15, -0.1) is 0 Å². The van der Waals surface area contributed by atoms with Crippen LogP contribution >= 0.6 is 11.6 Å². The molecule has 0 bridgehead atoms. The van der Waals surface area contributed by atoms with Gasteiger partial charge in [0.2, 0.25) is 0 Å². The van der Waals surface area contributed by atoms with Crippen LogP contribution in [0, 0.1) is 11.6 Å². The highest BCUT2D eigenvalue weighted by Gasteiger charge is 2.33. The third-order valence-electron chi connectivity index (χ3n) is 3.37. The second-order valence-electron chi connectivity index (χ2n) is 4.69. The molecule has 0 fully saturated rings. The molecule has 0 aliphatic carbocycles. The van der Waals surface area contributed by atoms with Gasteiger partial charge < -0.3 is 9.68 Å². The van der Waals surface area contributed by atoms with Crippen LogP contribution in [0.25, 0.3) is 11.0 Å². The van der Waals surface area contributed by atoms with Gasteiger partial charge in [-0.3, -0.25) is 0 Å². The maximum absolute atomic E-state index is 14.0. The highest BCUT2D eigenvalue weighted by molar-refractivity contribution is 6.71. The van der Waals surface area contributed by atoms with E-state index >= 15 is 0 Å². The van der Waals surface area contributed by atoms with Crippen molar-refractivity contribution in [3.05, 3.63) is 70.2 Å². The van der Waals surface area contributed by atoms with Crippen molar-refractivity contribution in [1.82, 2.24) is 0 Å². The van der Waals surface area contributed by atoms with Gasteiger partial charge >= 0.3 is 7.12 Å². The van der Waals surface area contributed by atoms with E-state index in [0.29, 0.717) is 10.6 Å². The van der Waals surface area contributed by atoms with E-state index in [0.717, 1.165) is 23.8 Å². The Morgan fingerprint density at radius 2 is 1.81 bits per heavy atom. The number of rotatable bonds is 2. The molecule has 106 valence electrons. The summed E-state index contributed by atoms with van der Waals surface area (Å²) in [6, 6.07) is 9.99. The number of hydrogen-bond donors (Lipinski definition) is 1. The number of halogens is 3. The Labute approximate surface area is 125 Å². The van der Waals surface area contributed by atoms with Gasteiger partial charge in [0, 0.05) is 10.6 Å². The number of hydrogen-bond acceptors (Lipinski definition) is 2. The predicted octanol–water partition coefficient (Wildman–Crippen LogP) is 3.58. The Bertz CT molecular complexity index is 716. The molecule has 1 heterocycles. The lowest BCUT2D eigenvalue weighted by Gasteiger charge is -2.09. The molecule has 2 aromatic rings. The van der Waals surface area contributed by atoms with Crippen molar-refractivity contribution in [2.75, 3.05) is 6.61 Å². The van der Waals surface area contributed by atoms with Gasteiger partial charge in [-0.2, -0.15) is 0 Å². The van der Waals surface area contributed by atoms with Crippen LogP contribution in [0.3, 0.4) is 0 Å². The van der Waals surface area contributed by atoms with E-state index in [1.54, 1.807) is 24.3 Å². The first-order valence-corrected chi connectivity index (χ1v) is 6.68. The molecular formula is C15H10BClF2O2. The molecule has 6 heteroatoms. The molecular weight excluding hydrogens is 296 g/mol. The molecule has 1 aliphatic heterocycles. The monoisotopic (exact) mass is 306 g/mol. The average Bonchev–Trinajstić information content (AvgIpc) is 2.84. The maximum Gasteiger partial charge on any atom is 0.492 e. The van der Waals surface area contributed by atoms with Crippen molar-refractivity contribution < 1.29 is 18.5 Å². The minimum absolute atomic E-state index is 0.00458. The second kappa shape index (κ2) is 5.60. The molecule has 2 nitrogen and oxygen atoms in total. The second-order valence-corrected chi connectivity index (χ2v) is 5.12. The first kappa shape index (κ1) is 14.3. The standard InChI is InChI=1S/C15H10BClF2O2/c17-10-3-1-9(2-4-10)13-8-21-16(20)15(13)12-7-11(18)5-6-14(12)19/h1-7,20H,8H2. The zero-order valence-corrected chi connectivity index (χ0v) is 11.6. The van der Waals surface area contributed by atoms with Crippen molar-refractivity contribution in [2.45, 2.75) is 0 Å².